The van der Waals surface area contributed by atoms with Gasteiger partial charge in [-0.3, -0.25) is 0 Å². The average molecular weight is 454 g/mol. The van der Waals surface area contributed by atoms with E-state index >= 15 is 0 Å². The van der Waals surface area contributed by atoms with Gasteiger partial charge in [0.05, 0.1) is 18.3 Å². The number of anilines is 1. The summed E-state index contributed by atoms with van der Waals surface area (Å²) in [6, 6.07) is 16.6. The molecule has 1 aromatic heterocycles. The molecule has 4 rings (SSSR count). The quantitative estimate of drug-likeness (QED) is 0.481. The van der Waals surface area contributed by atoms with Gasteiger partial charge in [-0.1, -0.05) is 6.92 Å². The number of hydrogen-bond donors (Lipinski definition) is 1. The fraction of sp³-hybridized carbons (Fsp3) is 0.407. The minimum atomic E-state index is 0. The maximum Gasteiger partial charge on any atom is 0.126 e. The van der Waals surface area contributed by atoms with Crippen LogP contribution < -0.4 is 19.7 Å². The lowest BCUT2D eigenvalue weighted by Gasteiger charge is -2.21. The molecule has 0 bridgehead atoms. The van der Waals surface area contributed by atoms with Crippen molar-refractivity contribution in [3.63, 3.8) is 0 Å². The van der Waals surface area contributed by atoms with Gasteiger partial charge >= 0.3 is 0 Å². The molecular formula is C27H39N3O3. The van der Waals surface area contributed by atoms with Gasteiger partial charge in [0.25, 0.3) is 0 Å². The van der Waals surface area contributed by atoms with Crippen LogP contribution in [0.25, 0.3) is 22.2 Å². The number of rotatable bonds is 7. The van der Waals surface area contributed by atoms with E-state index in [1.54, 1.807) is 7.11 Å². The van der Waals surface area contributed by atoms with Gasteiger partial charge in [0, 0.05) is 45.2 Å². The van der Waals surface area contributed by atoms with E-state index in [1.165, 1.54) is 31.3 Å². The number of carbonyl (C=O) groups is 1. The molecule has 1 aliphatic heterocycles. The standard InChI is InChI=1S/C24H29N3O2.C3H6O.2H2/c1-17-10-12-27(16-17)24-15-22(26-23-14-20(28-3)8-9-21(23)24)18-4-6-19(7-5-18)29-13-11-25-2;1-3(2)4;;/h4-9,14-15,17,25H,10-13,16H2,1-3H3;1-2H3;2*1H. The minimum absolute atomic E-state index is 0. The zero-order chi connectivity index (χ0) is 23.8. The van der Waals surface area contributed by atoms with Crippen molar-refractivity contribution in [3.8, 4) is 22.8 Å². The summed E-state index contributed by atoms with van der Waals surface area (Å²) in [5.41, 5.74) is 4.28. The van der Waals surface area contributed by atoms with Crippen molar-refractivity contribution < 1.29 is 17.1 Å². The molecule has 1 unspecified atom stereocenters. The summed E-state index contributed by atoms with van der Waals surface area (Å²) in [5, 5.41) is 4.26. The molecule has 0 saturated carbocycles. The van der Waals surface area contributed by atoms with Crippen LogP contribution in [0.5, 0.6) is 11.5 Å². The fourth-order valence-corrected chi connectivity index (χ4v) is 3.87. The van der Waals surface area contributed by atoms with Crippen molar-refractivity contribution in [3.05, 3.63) is 48.5 Å². The second-order valence-corrected chi connectivity index (χ2v) is 8.63. The smallest absolute Gasteiger partial charge is 0.126 e. The van der Waals surface area contributed by atoms with Gasteiger partial charge in [-0.2, -0.15) is 0 Å². The highest BCUT2D eigenvalue weighted by Crippen LogP contribution is 2.35. The Morgan fingerprint density at radius 2 is 1.85 bits per heavy atom. The summed E-state index contributed by atoms with van der Waals surface area (Å²) in [5.74, 6) is 2.59. The first-order chi connectivity index (χ1) is 15.9. The Kier molecular flexibility index (Phi) is 8.66. The summed E-state index contributed by atoms with van der Waals surface area (Å²) in [7, 11) is 3.62. The minimum Gasteiger partial charge on any atom is -0.497 e. The maximum absolute atomic E-state index is 9.44. The third kappa shape index (κ3) is 6.68. The number of carbonyl (C=O) groups excluding carboxylic acids is 1. The number of aromatic nitrogens is 1. The molecule has 0 amide bonds. The van der Waals surface area contributed by atoms with E-state index in [-0.39, 0.29) is 8.64 Å². The number of nitrogens with one attached hydrogen (secondary N) is 1. The normalized spacial score (nSPS) is 15.2. The number of benzene rings is 2. The fourth-order valence-electron chi connectivity index (χ4n) is 3.87. The van der Waals surface area contributed by atoms with Crippen LogP contribution in [0.4, 0.5) is 5.69 Å². The highest BCUT2D eigenvalue weighted by molar-refractivity contribution is 5.95. The van der Waals surface area contributed by atoms with Gasteiger partial charge in [0.2, 0.25) is 0 Å². The molecule has 2 aromatic carbocycles. The van der Waals surface area contributed by atoms with Crippen molar-refractivity contribution in [1.82, 2.24) is 10.3 Å². The Bertz CT molecular complexity index is 1070. The van der Waals surface area contributed by atoms with Crippen LogP contribution in [0.3, 0.4) is 0 Å². The molecule has 6 nitrogen and oxygen atoms in total. The van der Waals surface area contributed by atoms with Crippen molar-refractivity contribution in [1.29, 1.82) is 0 Å². The summed E-state index contributed by atoms with van der Waals surface area (Å²) in [6.45, 7) is 9.03. The number of fused-ring (bicyclic) bond motifs is 1. The molecule has 0 aliphatic carbocycles. The third-order valence-corrected chi connectivity index (χ3v) is 5.53. The number of ketones is 1. The molecule has 1 fully saturated rings. The van der Waals surface area contributed by atoms with E-state index in [4.69, 9.17) is 14.5 Å². The van der Waals surface area contributed by atoms with Crippen LogP contribution in [0, 0.1) is 5.92 Å². The zero-order valence-corrected chi connectivity index (χ0v) is 20.4. The molecule has 1 atom stereocenters. The van der Waals surface area contributed by atoms with E-state index < -0.39 is 0 Å². The summed E-state index contributed by atoms with van der Waals surface area (Å²) >= 11 is 0. The Hall–Kier alpha value is -3.12. The second-order valence-electron chi connectivity index (χ2n) is 8.63. The van der Waals surface area contributed by atoms with Crippen LogP contribution in [-0.4, -0.2) is 51.2 Å². The lowest BCUT2D eigenvalue weighted by Crippen LogP contribution is -2.19. The summed E-state index contributed by atoms with van der Waals surface area (Å²) in [6.07, 6.45) is 1.23. The van der Waals surface area contributed by atoms with E-state index in [1.807, 2.05) is 31.3 Å². The number of likely N-dealkylation sites (N-methyl/N-ethyl adjacent to an activating group) is 1. The molecule has 1 N–H and O–H groups in total. The van der Waals surface area contributed by atoms with Gasteiger partial charge in [-0.15, -0.1) is 0 Å². The summed E-state index contributed by atoms with van der Waals surface area (Å²) < 4.78 is 11.2. The molecule has 1 aliphatic rings. The first-order valence-corrected chi connectivity index (χ1v) is 11.5. The predicted octanol–water partition coefficient (Wildman–Crippen LogP) is 5.44. The predicted molar refractivity (Wildman–Crippen MR) is 140 cm³/mol. The van der Waals surface area contributed by atoms with Gasteiger partial charge in [-0.25, -0.2) is 4.98 Å². The third-order valence-electron chi connectivity index (χ3n) is 5.53. The van der Waals surface area contributed by atoms with E-state index in [2.05, 4.69) is 41.4 Å². The number of Topliss-reactive ketones (excluding diaryl/α,β-unsaturated/α-hetero) is 1. The molecule has 3 aromatic rings. The van der Waals surface area contributed by atoms with Crippen molar-refractivity contribution in [2.45, 2.75) is 27.2 Å². The molecule has 1 saturated heterocycles. The highest BCUT2D eigenvalue weighted by atomic mass is 16.5. The number of ether oxygens (including phenoxy) is 2. The summed E-state index contributed by atoms with van der Waals surface area (Å²) in [4.78, 5) is 16.9. The van der Waals surface area contributed by atoms with Gasteiger partial charge in [0.1, 0.15) is 23.9 Å². The first-order valence-electron chi connectivity index (χ1n) is 11.5. The van der Waals surface area contributed by atoms with Crippen LogP contribution in [-0.2, 0) is 4.79 Å². The van der Waals surface area contributed by atoms with Gasteiger partial charge in [-0.05, 0) is 75.7 Å². The number of nitrogens with zero attached hydrogens (tertiary/aromatic N) is 2. The van der Waals surface area contributed by atoms with Gasteiger partial charge in [0.15, 0.2) is 0 Å². The molecular weight excluding hydrogens is 414 g/mol. The van der Waals surface area contributed by atoms with Gasteiger partial charge < -0.3 is 24.5 Å². The second kappa shape index (κ2) is 11.7. The van der Waals surface area contributed by atoms with Crippen LogP contribution in [0.1, 0.15) is 30.0 Å². The van der Waals surface area contributed by atoms with E-state index in [9.17, 15) is 4.79 Å². The van der Waals surface area contributed by atoms with E-state index in [0.29, 0.717) is 12.5 Å². The largest absolute Gasteiger partial charge is 0.497 e. The topological polar surface area (TPSA) is 63.7 Å². The number of methoxy groups -OCH3 is 1. The van der Waals surface area contributed by atoms with Crippen molar-refractivity contribution >= 4 is 22.4 Å². The molecule has 0 spiro atoms. The Balaban J connectivity index is 0.000000950. The first kappa shape index (κ1) is 24.5. The Labute approximate surface area is 199 Å². The van der Waals surface area contributed by atoms with Crippen LogP contribution in [0.2, 0.25) is 0 Å². The van der Waals surface area contributed by atoms with Crippen molar-refractivity contribution in [2.75, 3.05) is 45.3 Å². The molecule has 2 heterocycles. The van der Waals surface area contributed by atoms with Crippen LogP contribution in [0.15, 0.2) is 48.5 Å². The monoisotopic (exact) mass is 453 g/mol. The van der Waals surface area contributed by atoms with Crippen LogP contribution >= 0.6 is 0 Å². The molecule has 6 heteroatoms. The number of pyridine rings is 1. The SMILES string of the molecule is CC(C)=O.CNCCOc1ccc(-c2cc(N3CCC(C)C3)c3ccc(OC)cc3n2)cc1.[HH].[HH]. The Morgan fingerprint density at radius 1 is 1.15 bits per heavy atom. The Morgan fingerprint density at radius 3 is 2.45 bits per heavy atom. The zero-order valence-electron chi connectivity index (χ0n) is 20.4. The maximum atomic E-state index is 9.44. The average Bonchev–Trinajstić information content (AvgIpc) is 3.24. The molecule has 180 valence electrons. The number of hydrogen-bond acceptors (Lipinski definition) is 6. The lowest BCUT2D eigenvalue weighted by atomic mass is 10.1. The molecule has 0 radical (unpaired) electrons. The van der Waals surface area contributed by atoms with Crippen molar-refractivity contribution in [2.24, 2.45) is 5.92 Å². The molecule has 33 heavy (non-hydrogen) atoms. The van der Waals surface area contributed by atoms with E-state index in [0.717, 1.165) is 47.9 Å². The lowest BCUT2D eigenvalue weighted by molar-refractivity contribution is -0.114. The highest BCUT2D eigenvalue weighted by Gasteiger charge is 2.22.